The molecule has 1 aromatic carbocycles. The molecule has 0 radical (unpaired) electrons. The lowest BCUT2D eigenvalue weighted by atomic mass is 10.3. The molecule has 0 saturated carbocycles. The van der Waals surface area contributed by atoms with Gasteiger partial charge >= 0.3 is 0 Å². The molecule has 90 valence electrons. The van der Waals surface area contributed by atoms with Crippen molar-refractivity contribution in [1.29, 1.82) is 0 Å². The van der Waals surface area contributed by atoms with Crippen molar-refractivity contribution in [3.8, 4) is 5.75 Å². The number of ether oxygens (including phenoxy) is 1. The Morgan fingerprint density at radius 2 is 1.88 bits per heavy atom. The molecule has 0 bridgehead atoms. The standard InChI is InChI=1S/C12H11F2NO2/c13-8-1-4-12(11(14)5-8)16-7-10-3-2-9(6-15)17-10/h1-5H,6-7,15H2. The maximum absolute atomic E-state index is 13.2. The highest BCUT2D eigenvalue weighted by atomic mass is 19.1. The van der Waals surface area contributed by atoms with Crippen LogP contribution in [0.1, 0.15) is 11.5 Å². The normalized spacial score (nSPS) is 10.5. The van der Waals surface area contributed by atoms with E-state index < -0.39 is 11.6 Å². The summed E-state index contributed by atoms with van der Waals surface area (Å²) in [5.41, 5.74) is 5.37. The van der Waals surface area contributed by atoms with Gasteiger partial charge in [0.25, 0.3) is 0 Å². The third kappa shape index (κ3) is 2.82. The van der Waals surface area contributed by atoms with E-state index in [9.17, 15) is 8.78 Å². The van der Waals surface area contributed by atoms with Crippen LogP contribution in [0.2, 0.25) is 0 Å². The molecule has 0 saturated heterocycles. The van der Waals surface area contributed by atoms with Crippen molar-refractivity contribution in [3.63, 3.8) is 0 Å². The van der Waals surface area contributed by atoms with Gasteiger partial charge in [0.05, 0.1) is 6.54 Å². The number of rotatable bonds is 4. The van der Waals surface area contributed by atoms with Gasteiger partial charge in [-0.3, -0.25) is 0 Å². The Bertz CT molecular complexity index is 511. The van der Waals surface area contributed by atoms with Crippen molar-refractivity contribution in [2.24, 2.45) is 5.73 Å². The lowest BCUT2D eigenvalue weighted by Crippen LogP contribution is -1.97. The van der Waals surface area contributed by atoms with Gasteiger partial charge < -0.3 is 14.9 Å². The fourth-order valence-electron chi connectivity index (χ4n) is 1.35. The average molecular weight is 239 g/mol. The second-order valence-electron chi connectivity index (χ2n) is 3.44. The summed E-state index contributed by atoms with van der Waals surface area (Å²) >= 11 is 0. The molecule has 0 atom stereocenters. The molecule has 0 unspecified atom stereocenters. The first-order valence-corrected chi connectivity index (χ1v) is 5.04. The highest BCUT2D eigenvalue weighted by Crippen LogP contribution is 2.19. The lowest BCUT2D eigenvalue weighted by molar-refractivity contribution is 0.254. The molecule has 2 aromatic rings. The smallest absolute Gasteiger partial charge is 0.167 e. The van der Waals surface area contributed by atoms with E-state index in [-0.39, 0.29) is 12.4 Å². The van der Waals surface area contributed by atoms with Crippen molar-refractivity contribution < 1.29 is 17.9 Å². The van der Waals surface area contributed by atoms with E-state index in [2.05, 4.69) is 0 Å². The van der Waals surface area contributed by atoms with Gasteiger partial charge in [0.2, 0.25) is 0 Å². The van der Waals surface area contributed by atoms with Gasteiger partial charge in [0.1, 0.15) is 23.9 Å². The maximum Gasteiger partial charge on any atom is 0.167 e. The van der Waals surface area contributed by atoms with Crippen LogP contribution in [-0.4, -0.2) is 0 Å². The Balaban J connectivity index is 2.02. The van der Waals surface area contributed by atoms with Gasteiger partial charge in [0.15, 0.2) is 11.6 Å². The van der Waals surface area contributed by atoms with Crippen LogP contribution in [0.4, 0.5) is 8.78 Å². The predicted octanol–water partition coefficient (Wildman–Crippen LogP) is 2.60. The van der Waals surface area contributed by atoms with Gasteiger partial charge in [-0.1, -0.05) is 0 Å². The summed E-state index contributed by atoms with van der Waals surface area (Å²) in [7, 11) is 0. The van der Waals surface area contributed by atoms with E-state index in [1.54, 1.807) is 12.1 Å². The summed E-state index contributed by atoms with van der Waals surface area (Å²) in [6, 6.07) is 6.55. The molecule has 0 aliphatic rings. The first kappa shape index (κ1) is 11.6. The molecular weight excluding hydrogens is 228 g/mol. The molecule has 2 N–H and O–H groups in total. The summed E-state index contributed by atoms with van der Waals surface area (Å²) < 4.78 is 36.3. The molecule has 0 aliphatic heterocycles. The van der Waals surface area contributed by atoms with Crippen LogP contribution in [0.25, 0.3) is 0 Å². The summed E-state index contributed by atoms with van der Waals surface area (Å²) in [5, 5.41) is 0. The SMILES string of the molecule is NCc1ccc(COc2ccc(F)cc2F)o1. The number of furan rings is 1. The number of nitrogens with two attached hydrogens (primary N) is 1. The molecule has 0 amide bonds. The van der Waals surface area contributed by atoms with Crippen LogP contribution in [0.3, 0.4) is 0 Å². The van der Waals surface area contributed by atoms with Crippen LogP contribution >= 0.6 is 0 Å². The molecule has 0 aliphatic carbocycles. The zero-order valence-electron chi connectivity index (χ0n) is 8.95. The average Bonchev–Trinajstić information content (AvgIpc) is 2.76. The number of halogens is 2. The van der Waals surface area contributed by atoms with E-state index in [0.717, 1.165) is 12.1 Å². The Labute approximate surface area is 96.8 Å². The number of hydrogen-bond acceptors (Lipinski definition) is 3. The third-order valence-electron chi connectivity index (χ3n) is 2.18. The van der Waals surface area contributed by atoms with Gasteiger partial charge in [-0.2, -0.15) is 0 Å². The van der Waals surface area contributed by atoms with Crippen molar-refractivity contribution >= 4 is 0 Å². The molecule has 17 heavy (non-hydrogen) atoms. The molecular formula is C12H11F2NO2. The minimum Gasteiger partial charge on any atom is -0.483 e. The zero-order valence-corrected chi connectivity index (χ0v) is 8.95. The Kier molecular flexibility index (Phi) is 3.39. The second-order valence-corrected chi connectivity index (χ2v) is 3.44. The molecule has 5 heteroatoms. The monoisotopic (exact) mass is 239 g/mol. The molecule has 2 rings (SSSR count). The largest absolute Gasteiger partial charge is 0.483 e. The first-order valence-electron chi connectivity index (χ1n) is 5.04. The van der Waals surface area contributed by atoms with Gasteiger partial charge in [-0.15, -0.1) is 0 Å². The van der Waals surface area contributed by atoms with E-state index in [0.29, 0.717) is 18.1 Å². The molecule has 3 nitrogen and oxygen atoms in total. The van der Waals surface area contributed by atoms with Crippen LogP contribution in [0, 0.1) is 11.6 Å². The number of benzene rings is 1. The third-order valence-corrected chi connectivity index (χ3v) is 2.18. The van der Waals surface area contributed by atoms with Crippen molar-refractivity contribution in [2.45, 2.75) is 13.2 Å². The Morgan fingerprint density at radius 1 is 1.12 bits per heavy atom. The van der Waals surface area contributed by atoms with E-state index in [1.165, 1.54) is 6.07 Å². The van der Waals surface area contributed by atoms with Gasteiger partial charge in [-0.25, -0.2) is 8.78 Å². The number of hydrogen-bond donors (Lipinski definition) is 1. The van der Waals surface area contributed by atoms with Crippen LogP contribution in [0.5, 0.6) is 5.75 Å². The minimum atomic E-state index is -0.740. The van der Waals surface area contributed by atoms with Crippen LogP contribution < -0.4 is 10.5 Å². The van der Waals surface area contributed by atoms with E-state index >= 15 is 0 Å². The molecule has 1 aromatic heterocycles. The predicted molar refractivity (Wildman–Crippen MR) is 57.3 cm³/mol. The minimum absolute atomic E-state index is 0.0166. The summed E-state index contributed by atoms with van der Waals surface area (Å²) in [5.74, 6) is -0.233. The molecule has 0 spiro atoms. The summed E-state index contributed by atoms with van der Waals surface area (Å²) in [4.78, 5) is 0. The van der Waals surface area contributed by atoms with E-state index in [1.807, 2.05) is 0 Å². The zero-order chi connectivity index (χ0) is 12.3. The summed E-state index contributed by atoms with van der Waals surface area (Å²) in [6.07, 6.45) is 0. The quantitative estimate of drug-likeness (QED) is 0.892. The van der Waals surface area contributed by atoms with Crippen LogP contribution in [-0.2, 0) is 13.2 Å². The summed E-state index contributed by atoms with van der Waals surface area (Å²) in [6.45, 7) is 0.369. The Hall–Kier alpha value is -1.88. The van der Waals surface area contributed by atoms with Crippen molar-refractivity contribution in [1.82, 2.24) is 0 Å². The fraction of sp³-hybridized carbons (Fsp3) is 0.167. The maximum atomic E-state index is 13.2. The first-order chi connectivity index (χ1) is 8.19. The highest BCUT2D eigenvalue weighted by Gasteiger charge is 2.06. The second kappa shape index (κ2) is 4.97. The lowest BCUT2D eigenvalue weighted by Gasteiger charge is -2.05. The van der Waals surface area contributed by atoms with E-state index in [4.69, 9.17) is 14.9 Å². The van der Waals surface area contributed by atoms with Gasteiger partial charge in [0, 0.05) is 6.07 Å². The Morgan fingerprint density at radius 3 is 2.53 bits per heavy atom. The molecule has 0 fully saturated rings. The topological polar surface area (TPSA) is 48.4 Å². The van der Waals surface area contributed by atoms with Crippen LogP contribution in [0.15, 0.2) is 34.7 Å². The van der Waals surface area contributed by atoms with Gasteiger partial charge in [-0.05, 0) is 24.3 Å². The highest BCUT2D eigenvalue weighted by molar-refractivity contribution is 5.24. The molecule has 1 heterocycles. The fourth-order valence-corrected chi connectivity index (χ4v) is 1.35. The van der Waals surface area contributed by atoms with Crippen molar-refractivity contribution in [2.75, 3.05) is 0 Å². The van der Waals surface area contributed by atoms with Crippen molar-refractivity contribution in [3.05, 3.63) is 53.5 Å².